The predicted molar refractivity (Wildman–Crippen MR) is 51.2 cm³/mol. The van der Waals surface area contributed by atoms with Gasteiger partial charge in [-0.05, 0) is 13.0 Å². The fourth-order valence-electron chi connectivity index (χ4n) is 1.51. The molecular formula is C11H9N2. The van der Waals surface area contributed by atoms with Crippen molar-refractivity contribution < 1.29 is 0 Å². The highest BCUT2D eigenvalue weighted by molar-refractivity contribution is 5.85. The van der Waals surface area contributed by atoms with E-state index in [-0.39, 0.29) is 0 Å². The van der Waals surface area contributed by atoms with Gasteiger partial charge in [0.05, 0.1) is 11.8 Å². The fourth-order valence-corrected chi connectivity index (χ4v) is 1.51. The van der Waals surface area contributed by atoms with E-state index in [0.717, 1.165) is 17.4 Å². The van der Waals surface area contributed by atoms with E-state index in [0.29, 0.717) is 5.56 Å². The summed E-state index contributed by atoms with van der Waals surface area (Å²) >= 11 is 0. The second-order valence-corrected chi connectivity index (χ2v) is 2.86. The van der Waals surface area contributed by atoms with Crippen LogP contribution in [0.1, 0.15) is 12.5 Å². The van der Waals surface area contributed by atoms with Crippen LogP contribution < -0.4 is 0 Å². The van der Waals surface area contributed by atoms with Crippen LogP contribution in [-0.4, -0.2) is 4.57 Å². The van der Waals surface area contributed by atoms with E-state index < -0.39 is 0 Å². The molecule has 0 amide bonds. The van der Waals surface area contributed by atoms with Gasteiger partial charge in [0, 0.05) is 17.4 Å². The van der Waals surface area contributed by atoms with Crippen LogP contribution in [0, 0.1) is 17.5 Å². The number of fused-ring (bicyclic) bond motifs is 1. The molecule has 1 aromatic carbocycles. The van der Waals surface area contributed by atoms with Gasteiger partial charge in [-0.2, -0.15) is 5.26 Å². The molecule has 0 saturated heterocycles. The molecule has 0 aliphatic heterocycles. The zero-order valence-electron chi connectivity index (χ0n) is 7.41. The topological polar surface area (TPSA) is 28.7 Å². The minimum absolute atomic E-state index is 0.637. The summed E-state index contributed by atoms with van der Waals surface area (Å²) in [6, 6.07) is 10.0. The summed E-state index contributed by atoms with van der Waals surface area (Å²) in [6.07, 6.45) is 3.04. The molecule has 2 nitrogen and oxygen atoms in total. The summed E-state index contributed by atoms with van der Waals surface area (Å²) in [6.45, 7) is 2.90. The van der Waals surface area contributed by atoms with E-state index in [1.54, 1.807) is 0 Å². The lowest BCUT2D eigenvalue weighted by atomic mass is 10.2. The SMILES string of the molecule is CCn1[c]c(C#N)c2ccccc21. The highest BCUT2D eigenvalue weighted by Crippen LogP contribution is 2.19. The van der Waals surface area contributed by atoms with E-state index in [1.165, 1.54) is 0 Å². The second-order valence-electron chi connectivity index (χ2n) is 2.86. The summed E-state index contributed by atoms with van der Waals surface area (Å²) in [4.78, 5) is 0. The van der Waals surface area contributed by atoms with Gasteiger partial charge < -0.3 is 4.57 Å². The monoisotopic (exact) mass is 169 g/mol. The molecule has 0 saturated carbocycles. The molecule has 0 fully saturated rings. The quantitative estimate of drug-likeness (QED) is 0.644. The van der Waals surface area contributed by atoms with E-state index in [9.17, 15) is 0 Å². The molecule has 1 heterocycles. The summed E-state index contributed by atoms with van der Waals surface area (Å²) < 4.78 is 1.97. The van der Waals surface area contributed by atoms with Crippen LogP contribution in [0.5, 0.6) is 0 Å². The number of aryl methyl sites for hydroxylation is 1. The minimum atomic E-state index is 0.637. The molecule has 13 heavy (non-hydrogen) atoms. The third-order valence-electron chi connectivity index (χ3n) is 2.14. The molecule has 0 unspecified atom stereocenters. The van der Waals surface area contributed by atoms with Crippen molar-refractivity contribution in [3.63, 3.8) is 0 Å². The summed E-state index contributed by atoms with van der Waals surface area (Å²) in [5.74, 6) is 0. The lowest BCUT2D eigenvalue weighted by Gasteiger charge is -1.97. The zero-order valence-corrected chi connectivity index (χ0v) is 7.41. The maximum Gasteiger partial charge on any atom is 0.102 e. The zero-order chi connectivity index (χ0) is 9.26. The molecule has 0 aliphatic rings. The van der Waals surface area contributed by atoms with E-state index >= 15 is 0 Å². The average Bonchev–Trinajstić information content (AvgIpc) is 2.56. The minimum Gasteiger partial charge on any atom is -0.338 e. The molecular weight excluding hydrogens is 160 g/mol. The number of aromatic nitrogens is 1. The van der Waals surface area contributed by atoms with Crippen LogP contribution in [0.3, 0.4) is 0 Å². The molecule has 0 bridgehead atoms. The smallest absolute Gasteiger partial charge is 0.102 e. The number of hydrogen-bond acceptors (Lipinski definition) is 1. The van der Waals surface area contributed by atoms with Crippen LogP contribution >= 0.6 is 0 Å². The van der Waals surface area contributed by atoms with E-state index in [1.807, 2.05) is 35.8 Å². The Hall–Kier alpha value is -1.75. The van der Waals surface area contributed by atoms with E-state index in [4.69, 9.17) is 5.26 Å². The Kier molecular flexibility index (Phi) is 1.79. The largest absolute Gasteiger partial charge is 0.338 e. The van der Waals surface area contributed by atoms with Gasteiger partial charge >= 0.3 is 0 Å². The molecule has 2 aromatic rings. The molecule has 1 radical (unpaired) electrons. The molecule has 0 N–H and O–H groups in total. The van der Waals surface area contributed by atoms with Crippen LogP contribution in [-0.2, 0) is 6.54 Å². The van der Waals surface area contributed by atoms with Crippen molar-refractivity contribution >= 4 is 10.9 Å². The molecule has 2 rings (SSSR count). The van der Waals surface area contributed by atoms with Gasteiger partial charge in [0.25, 0.3) is 0 Å². The van der Waals surface area contributed by atoms with Crippen LogP contribution in [0.25, 0.3) is 10.9 Å². The highest BCUT2D eigenvalue weighted by atomic mass is 14.9. The maximum atomic E-state index is 8.85. The van der Waals surface area contributed by atoms with Crippen molar-refractivity contribution in [2.45, 2.75) is 13.5 Å². The highest BCUT2D eigenvalue weighted by Gasteiger charge is 2.05. The fraction of sp³-hybridized carbons (Fsp3) is 0.182. The Morgan fingerprint density at radius 1 is 1.46 bits per heavy atom. The Morgan fingerprint density at radius 2 is 2.23 bits per heavy atom. The van der Waals surface area contributed by atoms with E-state index in [2.05, 4.69) is 12.3 Å². The second kappa shape index (κ2) is 2.95. The van der Waals surface area contributed by atoms with Crippen molar-refractivity contribution in [3.8, 4) is 6.07 Å². The van der Waals surface area contributed by atoms with Crippen molar-refractivity contribution in [1.82, 2.24) is 4.57 Å². The van der Waals surface area contributed by atoms with Gasteiger partial charge in [-0.1, -0.05) is 18.2 Å². The Morgan fingerprint density at radius 3 is 2.92 bits per heavy atom. The first-order chi connectivity index (χ1) is 6.36. The van der Waals surface area contributed by atoms with Crippen molar-refractivity contribution in [2.24, 2.45) is 0 Å². The number of hydrogen-bond donors (Lipinski definition) is 0. The Labute approximate surface area is 77.0 Å². The normalized spacial score (nSPS) is 10.2. The van der Waals surface area contributed by atoms with Crippen LogP contribution in [0.4, 0.5) is 0 Å². The number of para-hydroxylation sites is 1. The number of nitrogens with zero attached hydrogens (tertiary/aromatic N) is 2. The first-order valence-corrected chi connectivity index (χ1v) is 4.27. The van der Waals surface area contributed by atoms with Crippen LogP contribution in [0.15, 0.2) is 24.3 Å². The van der Waals surface area contributed by atoms with Crippen molar-refractivity contribution in [3.05, 3.63) is 36.0 Å². The third kappa shape index (κ3) is 1.09. The molecule has 0 atom stereocenters. The summed E-state index contributed by atoms with van der Waals surface area (Å²) in [7, 11) is 0. The van der Waals surface area contributed by atoms with Gasteiger partial charge in [0.1, 0.15) is 6.07 Å². The number of nitriles is 1. The predicted octanol–water partition coefficient (Wildman–Crippen LogP) is 2.33. The standard InChI is InChI=1S/C11H9N2/c1-2-13-8-9(7-12)10-5-3-4-6-11(10)13/h3-6H,2H2,1H3. The van der Waals surface area contributed by atoms with Crippen molar-refractivity contribution in [2.75, 3.05) is 0 Å². The third-order valence-corrected chi connectivity index (χ3v) is 2.14. The lowest BCUT2D eigenvalue weighted by molar-refractivity contribution is 0.790. The maximum absolute atomic E-state index is 8.85. The molecule has 0 spiro atoms. The lowest BCUT2D eigenvalue weighted by Crippen LogP contribution is -1.90. The van der Waals surface area contributed by atoms with Gasteiger partial charge in [0.15, 0.2) is 0 Å². The molecule has 63 valence electrons. The first-order valence-electron chi connectivity index (χ1n) is 4.27. The number of rotatable bonds is 1. The van der Waals surface area contributed by atoms with Crippen molar-refractivity contribution in [1.29, 1.82) is 5.26 Å². The summed E-state index contributed by atoms with van der Waals surface area (Å²) in [5.41, 5.74) is 1.72. The van der Waals surface area contributed by atoms with Gasteiger partial charge in [-0.25, -0.2) is 0 Å². The first kappa shape index (κ1) is 7.88. The van der Waals surface area contributed by atoms with Crippen LogP contribution in [0.2, 0.25) is 0 Å². The average molecular weight is 169 g/mol. The molecule has 1 aromatic heterocycles. The Balaban J connectivity index is 2.84. The Bertz CT molecular complexity index is 474. The van der Waals surface area contributed by atoms with Gasteiger partial charge in [-0.15, -0.1) is 0 Å². The van der Waals surface area contributed by atoms with Gasteiger partial charge in [0.2, 0.25) is 0 Å². The number of benzene rings is 1. The molecule has 2 heteroatoms. The summed E-state index contributed by atoms with van der Waals surface area (Å²) in [5, 5.41) is 9.84. The molecule has 0 aliphatic carbocycles. The van der Waals surface area contributed by atoms with Gasteiger partial charge in [-0.3, -0.25) is 0 Å².